The summed E-state index contributed by atoms with van der Waals surface area (Å²) in [6.45, 7) is 6.87. The number of fused-ring (bicyclic) bond motifs is 14. The number of thiophene rings is 1. The van der Waals surface area contributed by atoms with Gasteiger partial charge in [0.1, 0.15) is 16.8 Å². The Morgan fingerprint density at radius 2 is 1.33 bits per heavy atom. The van der Waals surface area contributed by atoms with E-state index in [1.165, 1.54) is 108 Å². The lowest BCUT2D eigenvalue weighted by atomic mass is 9.67. The summed E-state index contributed by atoms with van der Waals surface area (Å²) in [6, 6.07) is 52.2. The van der Waals surface area contributed by atoms with Gasteiger partial charge in [-0.05, 0) is 129 Å². The van der Waals surface area contributed by atoms with Crippen LogP contribution in [0.5, 0.6) is 0 Å². The maximum Gasteiger partial charge on any atom is 0.180 e. The van der Waals surface area contributed by atoms with E-state index in [0.717, 1.165) is 51.7 Å². The monoisotopic (exact) mass is 842 g/mol. The van der Waals surface area contributed by atoms with E-state index in [1.54, 1.807) is 5.56 Å². The molecule has 0 bridgehead atoms. The van der Waals surface area contributed by atoms with E-state index in [9.17, 15) is 0 Å². The molecule has 1 saturated carbocycles. The average Bonchev–Trinajstić information content (AvgIpc) is 4.03. The highest BCUT2D eigenvalue weighted by atomic mass is 32.1. The number of aryl methyl sites for hydroxylation is 1. The largest absolute Gasteiger partial charge is 0.452 e. The van der Waals surface area contributed by atoms with Crippen molar-refractivity contribution >= 4 is 61.4 Å². The highest BCUT2D eigenvalue weighted by molar-refractivity contribution is 7.26. The van der Waals surface area contributed by atoms with Crippen molar-refractivity contribution in [3.05, 3.63) is 167 Å². The molecule has 7 aromatic carbocycles. The molecule has 0 N–H and O–H groups in total. The zero-order valence-corrected chi connectivity index (χ0v) is 37.4. The van der Waals surface area contributed by atoms with Gasteiger partial charge in [0.25, 0.3) is 0 Å². The fourth-order valence-corrected chi connectivity index (χ4v) is 13.1. The number of hydrogen-bond acceptors (Lipinski definition) is 4. The van der Waals surface area contributed by atoms with Gasteiger partial charge in [-0.2, -0.15) is 0 Å². The normalized spacial score (nSPS) is 16.1. The number of nitrogens with zero attached hydrogens (tertiary/aromatic N) is 2. The van der Waals surface area contributed by atoms with E-state index in [1.807, 2.05) is 23.5 Å². The second-order valence-electron chi connectivity index (χ2n) is 19.4. The minimum Gasteiger partial charge on any atom is -0.452 e. The van der Waals surface area contributed by atoms with Crippen molar-refractivity contribution in [1.29, 1.82) is 0 Å². The first-order chi connectivity index (χ1) is 31.2. The maximum atomic E-state index is 6.64. The first kappa shape index (κ1) is 38.2. The van der Waals surface area contributed by atoms with E-state index in [2.05, 4.69) is 148 Å². The lowest BCUT2D eigenvalue weighted by Gasteiger charge is -2.36. The quantitative estimate of drug-likeness (QED) is 0.157. The minimum absolute atomic E-state index is 0.0227. The summed E-state index contributed by atoms with van der Waals surface area (Å²) in [5, 5.41) is 3.50. The van der Waals surface area contributed by atoms with Crippen molar-refractivity contribution in [3.8, 4) is 56.0 Å². The zero-order chi connectivity index (χ0) is 42.9. The molecule has 2 radical (unpaired) electrons. The molecule has 3 aliphatic carbocycles. The standard InChI is InChI=1S/C59H47BN2OS/c1-34(60)21-22-35-13-11-14-38(29-35)57-61-53-42-16-6-8-20-51(42)63-55(53)54(62-57)43-18-12-17-41-46-30-36(24-26-52(46)64-56(41)43)37-23-25-40-45-32-48-44(39-15-5-7-19-47(39)58(48,2)3)33-50(45)59(49(40)31-37)27-9-4-10-28-59/h5-8,11-20,23-26,29-34H,4,9-10,21-22,27-28H2,1-3H3. The van der Waals surface area contributed by atoms with Gasteiger partial charge in [-0.3, -0.25) is 0 Å². The molecule has 1 fully saturated rings. The van der Waals surface area contributed by atoms with Crippen LogP contribution in [0.2, 0.25) is 5.82 Å². The van der Waals surface area contributed by atoms with Gasteiger partial charge in [-0.15, -0.1) is 11.3 Å². The molecule has 1 unspecified atom stereocenters. The lowest BCUT2D eigenvalue weighted by molar-refractivity contribution is 0.353. The maximum absolute atomic E-state index is 6.64. The van der Waals surface area contributed by atoms with Gasteiger partial charge in [0, 0.05) is 47.5 Å². The van der Waals surface area contributed by atoms with Crippen LogP contribution in [0.3, 0.4) is 0 Å². The van der Waals surface area contributed by atoms with E-state index >= 15 is 0 Å². The first-order valence-electron chi connectivity index (χ1n) is 23.2. The Morgan fingerprint density at radius 1 is 0.609 bits per heavy atom. The van der Waals surface area contributed by atoms with E-state index in [4.69, 9.17) is 22.2 Å². The van der Waals surface area contributed by atoms with Crippen molar-refractivity contribution in [3.63, 3.8) is 0 Å². The van der Waals surface area contributed by atoms with Crippen LogP contribution in [0.4, 0.5) is 0 Å². The van der Waals surface area contributed by atoms with E-state index in [-0.39, 0.29) is 16.6 Å². The Kier molecular flexibility index (Phi) is 8.41. The van der Waals surface area contributed by atoms with Gasteiger partial charge in [0.2, 0.25) is 0 Å². The van der Waals surface area contributed by atoms with Crippen LogP contribution in [-0.4, -0.2) is 17.8 Å². The summed E-state index contributed by atoms with van der Waals surface area (Å²) in [5.41, 5.74) is 20.8. The summed E-state index contributed by atoms with van der Waals surface area (Å²) in [6.07, 6.45) is 8.11. The molecule has 3 heterocycles. The number of furan rings is 1. The van der Waals surface area contributed by atoms with Gasteiger partial charge >= 0.3 is 0 Å². The van der Waals surface area contributed by atoms with Gasteiger partial charge in [0.05, 0.1) is 7.85 Å². The Morgan fingerprint density at radius 3 is 2.22 bits per heavy atom. The molecular weight excluding hydrogens is 796 g/mol. The molecule has 0 amide bonds. The summed E-state index contributed by atoms with van der Waals surface area (Å²) >= 11 is 1.84. The van der Waals surface area contributed by atoms with Gasteiger partial charge in [0.15, 0.2) is 11.4 Å². The van der Waals surface area contributed by atoms with E-state index < -0.39 is 0 Å². The number of rotatable bonds is 6. The van der Waals surface area contributed by atoms with Crippen LogP contribution in [0.25, 0.3) is 98.3 Å². The molecule has 1 spiro atoms. The molecule has 5 heteroatoms. The molecule has 0 aliphatic heterocycles. The van der Waals surface area contributed by atoms with Crippen LogP contribution < -0.4 is 0 Å². The molecule has 308 valence electrons. The second-order valence-corrected chi connectivity index (χ2v) is 20.5. The number of benzene rings is 7. The number of aromatic nitrogens is 2. The third-order valence-electron chi connectivity index (χ3n) is 15.1. The van der Waals surface area contributed by atoms with Gasteiger partial charge < -0.3 is 4.42 Å². The van der Waals surface area contributed by atoms with Crippen molar-refractivity contribution in [2.45, 2.75) is 82.4 Å². The van der Waals surface area contributed by atoms with Gasteiger partial charge in [-0.1, -0.05) is 143 Å². The van der Waals surface area contributed by atoms with Crippen molar-refractivity contribution in [1.82, 2.24) is 9.97 Å². The smallest absolute Gasteiger partial charge is 0.180 e. The predicted molar refractivity (Wildman–Crippen MR) is 269 cm³/mol. The Labute approximate surface area is 379 Å². The average molecular weight is 843 g/mol. The second kappa shape index (κ2) is 14.1. The van der Waals surface area contributed by atoms with Crippen LogP contribution in [0, 0.1) is 0 Å². The summed E-state index contributed by atoms with van der Waals surface area (Å²) in [4.78, 5) is 10.6. The highest BCUT2D eigenvalue weighted by Gasteiger charge is 2.46. The molecule has 3 aliphatic rings. The number of para-hydroxylation sites is 1. The van der Waals surface area contributed by atoms with E-state index in [0.29, 0.717) is 5.82 Å². The third kappa shape index (κ3) is 5.59. The Hall–Kier alpha value is -6.30. The predicted octanol–water partition coefficient (Wildman–Crippen LogP) is 16.2. The van der Waals surface area contributed by atoms with Crippen LogP contribution in [-0.2, 0) is 17.3 Å². The van der Waals surface area contributed by atoms with Crippen molar-refractivity contribution in [2.24, 2.45) is 0 Å². The fourth-order valence-electron chi connectivity index (χ4n) is 11.9. The van der Waals surface area contributed by atoms with Crippen molar-refractivity contribution < 1.29 is 4.42 Å². The molecule has 0 saturated heterocycles. The molecule has 1 atom stereocenters. The third-order valence-corrected chi connectivity index (χ3v) is 16.4. The molecule has 64 heavy (non-hydrogen) atoms. The molecule has 13 rings (SSSR count). The van der Waals surface area contributed by atoms with Crippen LogP contribution in [0.1, 0.15) is 87.1 Å². The summed E-state index contributed by atoms with van der Waals surface area (Å²) in [5.74, 6) is 0.843. The fraction of sp³-hybridized carbons (Fsp3) is 0.220. The molecular formula is C59H47BN2OS. The topological polar surface area (TPSA) is 38.9 Å². The van der Waals surface area contributed by atoms with Crippen LogP contribution >= 0.6 is 11.3 Å². The van der Waals surface area contributed by atoms with Gasteiger partial charge in [-0.25, -0.2) is 9.97 Å². The first-order valence-corrected chi connectivity index (χ1v) is 24.0. The number of hydrogen-bond donors (Lipinski definition) is 0. The highest BCUT2D eigenvalue weighted by Crippen LogP contribution is 2.60. The Bertz CT molecular complexity index is 3570. The molecule has 3 nitrogen and oxygen atoms in total. The SMILES string of the molecule is [B]C(C)CCc1cccc(-c2nc(-c3cccc4c3sc3ccc(-c5ccc6c(c5)C5(CCCCC5)c5cc7c(cc5-6)C(C)(C)c5ccccc5-7)cc34)c3oc4ccccc4c3n2)c1. The van der Waals surface area contributed by atoms with Crippen LogP contribution in [0.15, 0.2) is 144 Å². The molecule has 3 aromatic heterocycles. The lowest BCUT2D eigenvalue weighted by Crippen LogP contribution is -2.28. The minimum atomic E-state index is -0.0227. The molecule has 10 aromatic rings. The summed E-state index contributed by atoms with van der Waals surface area (Å²) < 4.78 is 9.10. The zero-order valence-electron chi connectivity index (χ0n) is 36.6. The van der Waals surface area contributed by atoms with Crippen molar-refractivity contribution in [2.75, 3.05) is 0 Å². The summed E-state index contributed by atoms with van der Waals surface area (Å²) in [7, 11) is 6.15. The Balaban J connectivity index is 0.939.